The summed E-state index contributed by atoms with van der Waals surface area (Å²) < 4.78 is 17.1. The summed E-state index contributed by atoms with van der Waals surface area (Å²) in [7, 11) is 0. The second-order valence-electron chi connectivity index (χ2n) is 8.02. The molecule has 2 aromatic rings. The number of anilines is 1. The van der Waals surface area contributed by atoms with E-state index in [0.717, 1.165) is 10.0 Å². The molecule has 0 fully saturated rings. The summed E-state index contributed by atoms with van der Waals surface area (Å²) in [4.78, 5) is 34.5. The molecule has 2 rings (SSSR count). The lowest BCUT2D eigenvalue weighted by molar-refractivity contribution is 0.0524. The Morgan fingerprint density at radius 1 is 1.13 bits per heavy atom. The van der Waals surface area contributed by atoms with Gasteiger partial charge in [-0.15, -0.1) is 0 Å². The van der Waals surface area contributed by atoms with E-state index in [1.807, 2.05) is 32.0 Å². The van der Waals surface area contributed by atoms with E-state index in [9.17, 15) is 9.59 Å². The van der Waals surface area contributed by atoms with Crippen molar-refractivity contribution >= 4 is 33.9 Å². The van der Waals surface area contributed by atoms with Crippen molar-refractivity contribution in [3.8, 4) is 5.75 Å². The lowest BCUT2D eigenvalue weighted by Crippen LogP contribution is -2.37. The first kappa shape index (κ1) is 24.6. The third-order valence-electron chi connectivity index (χ3n) is 3.65. The summed E-state index contributed by atoms with van der Waals surface area (Å²) in [5, 5.41) is 0. The fraction of sp³-hybridized carbons (Fsp3) is 0.455. The minimum absolute atomic E-state index is 0.00265. The van der Waals surface area contributed by atoms with Crippen LogP contribution in [0, 0.1) is 0 Å². The van der Waals surface area contributed by atoms with Gasteiger partial charge in [-0.2, -0.15) is 0 Å². The quantitative estimate of drug-likeness (QED) is 0.492. The van der Waals surface area contributed by atoms with Gasteiger partial charge in [0, 0.05) is 16.9 Å². The van der Waals surface area contributed by atoms with Gasteiger partial charge in [-0.25, -0.2) is 24.5 Å². The molecular weight excluding hydrogens is 466 g/mol. The largest absolute Gasteiger partial charge is 0.491 e. The van der Waals surface area contributed by atoms with E-state index in [2.05, 4.69) is 25.9 Å². The van der Waals surface area contributed by atoms with E-state index in [-0.39, 0.29) is 30.8 Å². The van der Waals surface area contributed by atoms with Crippen molar-refractivity contribution in [3.63, 3.8) is 0 Å². The molecule has 0 atom stereocenters. The van der Waals surface area contributed by atoms with Crippen molar-refractivity contribution in [3.05, 3.63) is 46.2 Å². The van der Waals surface area contributed by atoms with Crippen molar-refractivity contribution in [1.29, 1.82) is 0 Å². The van der Waals surface area contributed by atoms with Gasteiger partial charge in [-0.1, -0.05) is 15.9 Å². The number of halogens is 1. The number of benzene rings is 1. The van der Waals surface area contributed by atoms with Crippen LogP contribution in [0.25, 0.3) is 0 Å². The van der Waals surface area contributed by atoms with Gasteiger partial charge in [0.2, 0.25) is 5.95 Å². The smallest absolute Gasteiger partial charge is 0.417 e. The third kappa shape index (κ3) is 7.82. The number of rotatable bonds is 7. The molecule has 0 aliphatic heterocycles. The van der Waals surface area contributed by atoms with Crippen LogP contribution < -0.4 is 9.64 Å². The molecular formula is C22H28BrN3O5. The zero-order chi connectivity index (χ0) is 23.2. The molecule has 168 valence electrons. The highest BCUT2D eigenvalue weighted by molar-refractivity contribution is 9.10. The molecule has 0 radical (unpaired) electrons. The Labute approximate surface area is 191 Å². The highest BCUT2D eigenvalue weighted by atomic mass is 79.9. The molecule has 8 nitrogen and oxygen atoms in total. The summed E-state index contributed by atoms with van der Waals surface area (Å²) in [6, 6.07) is 5.57. The first-order chi connectivity index (χ1) is 14.5. The van der Waals surface area contributed by atoms with Gasteiger partial charge < -0.3 is 14.2 Å². The van der Waals surface area contributed by atoms with Gasteiger partial charge in [0.15, 0.2) is 0 Å². The highest BCUT2D eigenvalue weighted by Crippen LogP contribution is 2.25. The minimum Gasteiger partial charge on any atom is -0.491 e. The minimum atomic E-state index is -0.705. The van der Waals surface area contributed by atoms with Crippen molar-refractivity contribution in [2.24, 2.45) is 0 Å². The zero-order valence-corrected chi connectivity index (χ0v) is 20.2. The molecule has 0 aliphatic rings. The monoisotopic (exact) mass is 493 g/mol. The molecule has 0 saturated carbocycles. The molecule has 1 aromatic heterocycles. The number of carbonyl (C=O) groups excluding carboxylic acids is 2. The van der Waals surface area contributed by atoms with Gasteiger partial charge in [0.1, 0.15) is 11.4 Å². The van der Waals surface area contributed by atoms with Crippen molar-refractivity contribution in [2.45, 2.75) is 59.8 Å². The Kier molecular flexibility index (Phi) is 8.38. The first-order valence-electron chi connectivity index (χ1n) is 9.94. The Morgan fingerprint density at radius 2 is 1.77 bits per heavy atom. The molecule has 9 heteroatoms. The molecule has 1 heterocycles. The second kappa shape index (κ2) is 10.6. The Balaban J connectivity index is 2.37. The molecule has 0 bridgehead atoms. The Hall–Kier alpha value is -2.68. The van der Waals surface area contributed by atoms with E-state index in [4.69, 9.17) is 14.2 Å². The zero-order valence-electron chi connectivity index (χ0n) is 18.6. The first-order valence-corrected chi connectivity index (χ1v) is 10.7. The van der Waals surface area contributed by atoms with Crippen molar-refractivity contribution < 1.29 is 23.8 Å². The lowest BCUT2D eigenvalue weighted by Gasteiger charge is -2.26. The highest BCUT2D eigenvalue weighted by Gasteiger charge is 2.26. The van der Waals surface area contributed by atoms with E-state index in [1.165, 1.54) is 17.3 Å². The maximum atomic E-state index is 12.9. The van der Waals surface area contributed by atoms with E-state index >= 15 is 0 Å². The molecule has 1 aromatic carbocycles. The van der Waals surface area contributed by atoms with Crippen LogP contribution in [-0.4, -0.2) is 40.3 Å². The Morgan fingerprint density at radius 3 is 2.32 bits per heavy atom. The van der Waals surface area contributed by atoms with E-state index in [1.54, 1.807) is 27.7 Å². The average molecular weight is 494 g/mol. The lowest BCUT2D eigenvalue weighted by atomic mass is 10.2. The molecule has 31 heavy (non-hydrogen) atoms. The number of hydrogen-bond acceptors (Lipinski definition) is 7. The van der Waals surface area contributed by atoms with Crippen molar-refractivity contribution in [1.82, 2.24) is 9.97 Å². The van der Waals surface area contributed by atoms with Gasteiger partial charge in [-0.3, -0.25) is 0 Å². The maximum Gasteiger partial charge on any atom is 0.417 e. The summed E-state index contributed by atoms with van der Waals surface area (Å²) in [6.07, 6.45) is 2.04. The number of esters is 1. The molecule has 0 N–H and O–H groups in total. The average Bonchev–Trinajstić information content (AvgIpc) is 2.64. The van der Waals surface area contributed by atoms with E-state index in [0.29, 0.717) is 5.75 Å². The van der Waals surface area contributed by atoms with Gasteiger partial charge in [-0.05, 0) is 65.3 Å². The number of ether oxygens (including phenoxy) is 3. The summed E-state index contributed by atoms with van der Waals surface area (Å²) in [6.45, 7) is 11.3. The van der Waals surface area contributed by atoms with Crippen molar-refractivity contribution in [2.75, 3.05) is 11.5 Å². The molecule has 0 aliphatic carbocycles. The van der Waals surface area contributed by atoms with Gasteiger partial charge in [0.05, 0.1) is 24.8 Å². The van der Waals surface area contributed by atoms with Crippen LogP contribution in [0.1, 0.15) is 57.5 Å². The standard InChI is InChI=1S/C22H28BrN3O5/c1-7-29-19(27)16-11-24-20(25-12-16)26(21(28)31-22(4,5)6)13-15-8-17(23)10-18(9-15)30-14(2)3/h8-12,14H,7,13H2,1-6H3. The van der Waals surface area contributed by atoms with Crippen LogP contribution in [0.2, 0.25) is 0 Å². The number of nitrogens with zero attached hydrogens (tertiary/aromatic N) is 3. The van der Waals surface area contributed by atoms with Gasteiger partial charge >= 0.3 is 12.1 Å². The number of hydrogen-bond donors (Lipinski definition) is 0. The van der Waals surface area contributed by atoms with Crippen LogP contribution in [0.15, 0.2) is 35.1 Å². The van der Waals surface area contributed by atoms with E-state index < -0.39 is 17.7 Å². The predicted octanol–water partition coefficient (Wildman–Crippen LogP) is 5.14. The third-order valence-corrected chi connectivity index (χ3v) is 4.11. The summed E-state index contributed by atoms with van der Waals surface area (Å²) >= 11 is 3.48. The van der Waals surface area contributed by atoms with Crippen LogP contribution in [-0.2, 0) is 16.0 Å². The van der Waals surface area contributed by atoms with Crippen LogP contribution in [0.5, 0.6) is 5.75 Å². The number of carbonyl (C=O) groups is 2. The molecule has 0 spiro atoms. The van der Waals surface area contributed by atoms with Crippen LogP contribution >= 0.6 is 15.9 Å². The predicted molar refractivity (Wildman–Crippen MR) is 120 cm³/mol. The fourth-order valence-corrected chi connectivity index (χ4v) is 3.07. The Bertz CT molecular complexity index is 910. The molecule has 0 unspecified atom stereocenters. The summed E-state index contributed by atoms with van der Waals surface area (Å²) in [5.41, 5.74) is 0.280. The topological polar surface area (TPSA) is 90.8 Å². The van der Waals surface area contributed by atoms with Crippen LogP contribution in [0.3, 0.4) is 0 Å². The normalized spacial score (nSPS) is 11.2. The van der Waals surface area contributed by atoms with Gasteiger partial charge in [0.25, 0.3) is 0 Å². The molecule has 1 amide bonds. The summed E-state index contributed by atoms with van der Waals surface area (Å²) in [5.74, 6) is 0.246. The maximum absolute atomic E-state index is 12.9. The number of amides is 1. The van der Waals surface area contributed by atoms with Crippen LogP contribution in [0.4, 0.5) is 10.7 Å². The second-order valence-corrected chi connectivity index (χ2v) is 8.94. The molecule has 0 saturated heterocycles. The number of aromatic nitrogens is 2. The SMILES string of the molecule is CCOC(=O)c1cnc(N(Cc2cc(Br)cc(OC(C)C)c2)C(=O)OC(C)(C)C)nc1. The fourth-order valence-electron chi connectivity index (χ4n) is 2.55.